The van der Waals surface area contributed by atoms with Crippen LogP contribution in [0.3, 0.4) is 0 Å². The first-order chi connectivity index (χ1) is 12.4. The van der Waals surface area contributed by atoms with Crippen molar-refractivity contribution in [3.63, 3.8) is 0 Å². The van der Waals surface area contributed by atoms with Crippen molar-refractivity contribution in [1.29, 1.82) is 0 Å². The first kappa shape index (κ1) is 18.3. The van der Waals surface area contributed by atoms with E-state index in [1.54, 1.807) is 24.3 Å². The van der Waals surface area contributed by atoms with Crippen LogP contribution in [0.2, 0.25) is 0 Å². The van der Waals surface area contributed by atoms with Crippen molar-refractivity contribution in [2.75, 3.05) is 11.6 Å². The lowest BCUT2D eigenvalue weighted by atomic mass is 9.86. The molecule has 0 radical (unpaired) electrons. The Labute approximate surface area is 153 Å². The van der Waals surface area contributed by atoms with Crippen LogP contribution in [0.4, 0.5) is 10.5 Å². The molecule has 2 N–H and O–H groups in total. The highest BCUT2D eigenvalue weighted by molar-refractivity contribution is 7.90. The van der Waals surface area contributed by atoms with Crippen molar-refractivity contribution in [2.24, 2.45) is 0 Å². The van der Waals surface area contributed by atoms with Crippen molar-refractivity contribution in [1.82, 2.24) is 5.32 Å². The normalized spacial score (nSPS) is 19.3. The number of hydrogen-bond donors (Lipinski definition) is 2. The van der Waals surface area contributed by atoms with E-state index in [2.05, 4.69) is 10.6 Å². The quantitative estimate of drug-likeness (QED) is 0.812. The van der Waals surface area contributed by atoms with Crippen LogP contribution in [0.15, 0.2) is 59.5 Å². The summed E-state index contributed by atoms with van der Waals surface area (Å²) in [5, 5.41) is 6.18. The van der Waals surface area contributed by atoms with Crippen LogP contribution in [-0.2, 0) is 21.2 Å². The Kier molecular flexibility index (Phi) is 5.46. The lowest BCUT2D eigenvalue weighted by molar-refractivity contribution is 0.129. The van der Waals surface area contributed by atoms with Crippen molar-refractivity contribution in [3.05, 3.63) is 60.2 Å². The zero-order chi connectivity index (χ0) is 18.6. The highest BCUT2D eigenvalue weighted by Gasteiger charge is 2.30. The van der Waals surface area contributed by atoms with Gasteiger partial charge in [-0.3, -0.25) is 0 Å². The zero-order valence-corrected chi connectivity index (χ0v) is 15.3. The summed E-state index contributed by atoms with van der Waals surface area (Å²) in [5.41, 5.74) is 1.82. The molecule has 0 unspecified atom stereocenters. The maximum atomic E-state index is 11.8. The molecule has 1 aliphatic rings. The number of benzene rings is 2. The van der Waals surface area contributed by atoms with E-state index in [9.17, 15) is 13.2 Å². The minimum absolute atomic E-state index is 0.0890. The second kappa shape index (κ2) is 7.78. The summed E-state index contributed by atoms with van der Waals surface area (Å²) in [6, 6.07) is 16.6. The minimum atomic E-state index is -3.18. The van der Waals surface area contributed by atoms with E-state index in [0.717, 1.165) is 24.1 Å². The lowest BCUT2D eigenvalue weighted by Crippen LogP contribution is -2.49. The SMILES string of the molecule is CS(=O)(=O)c1ccc(NC2CC(NC(=O)OCc3ccccc3)C2)cc1. The predicted molar refractivity (Wildman–Crippen MR) is 99.7 cm³/mol. The molecule has 0 saturated heterocycles. The average Bonchev–Trinajstić information content (AvgIpc) is 2.58. The smallest absolute Gasteiger partial charge is 0.407 e. The van der Waals surface area contributed by atoms with Crippen LogP contribution in [0, 0.1) is 0 Å². The molecule has 0 aromatic heterocycles. The highest BCUT2D eigenvalue weighted by atomic mass is 32.2. The number of amides is 1. The summed E-state index contributed by atoms with van der Waals surface area (Å²) in [5.74, 6) is 0. The third-order valence-corrected chi connectivity index (χ3v) is 5.45. The molecule has 2 aromatic carbocycles. The van der Waals surface area contributed by atoms with Gasteiger partial charge in [-0.1, -0.05) is 30.3 Å². The van der Waals surface area contributed by atoms with Gasteiger partial charge < -0.3 is 15.4 Å². The molecule has 1 fully saturated rings. The van der Waals surface area contributed by atoms with Crippen LogP contribution in [0.25, 0.3) is 0 Å². The second-order valence-electron chi connectivity index (χ2n) is 6.51. The number of anilines is 1. The fraction of sp³-hybridized carbons (Fsp3) is 0.316. The van der Waals surface area contributed by atoms with Crippen LogP contribution in [0.5, 0.6) is 0 Å². The second-order valence-corrected chi connectivity index (χ2v) is 8.53. The fourth-order valence-electron chi connectivity index (χ4n) is 2.82. The molecule has 1 aliphatic carbocycles. The van der Waals surface area contributed by atoms with Gasteiger partial charge >= 0.3 is 6.09 Å². The van der Waals surface area contributed by atoms with E-state index in [0.29, 0.717) is 4.90 Å². The molecule has 26 heavy (non-hydrogen) atoms. The molecular formula is C19H22N2O4S. The Morgan fingerprint density at radius 3 is 2.31 bits per heavy atom. The van der Waals surface area contributed by atoms with Crippen molar-refractivity contribution in [3.8, 4) is 0 Å². The number of nitrogens with one attached hydrogen (secondary N) is 2. The summed E-state index contributed by atoms with van der Waals surface area (Å²) >= 11 is 0. The van der Waals surface area contributed by atoms with Gasteiger partial charge in [0.05, 0.1) is 4.90 Å². The van der Waals surface area contributed by atoms with Crippen molar-refractivity contribution in [2.45, 2.75) is 36.4 Å². The van der Waals surface area contributed by atoms with Gasteiger partial charge in [0.2, 0.25) is 0 Å². The maximum absolute atomic E-state index is 11.8. The fourth-order valence-corrected chi connectivity index (χ4v) is 3.45. The minimum Gasteiger partial charge on any atom is -0.445 e. The lowest BCUT2D eigenvalue weighted by Gasteiger charge is -2.36. The summed E-state index contributed by atoms with van der Waals surface area (Å²) in [7, 11) is -3.18. The maximum Gasteiger partial charge on any atom is 0.407 e. The Balaban J connectivity index is 1.38. The molecule has 7 heteroatoms. The Morgan fingerprint density at radius 2 is 1.69 bits per heavy atom. The van der Waals surface area contributed by atoms with Gasteiger partial charge in [-0.25, -0.2) is 13.2 Å². The van der Waals surface area contributed by atoms with Crippen molar-refractivity contribution >= 4 is 21.6 Å². The molecule has 2 aromatic rings. The van der Waals surface area contributed by atoms with Gasteiger partial charge in [0.25, 0.3) is 0 Å². The molecule has 0 bridgehead atoms. The third-order valence-electron chi connectivity index (χ3n) is 4.33. The van der Waals surface area contributed by atoms with Gasteiger partial charge in [-0.05, 0) is 42.7 Å². The standard InChI is InChI=1S/C19H22N2O4S/c1-26(23,24)18-9-7-15(8-10-18)20-16-11-17(12-16)21-19(22)25-13-14-5-3-2-4-6-14/h2-10,16-17,20H,11-13H2,1H3,(H,21,22). The monoisotopic (exact) mass is 374 g/mol. The van der Waals surface area contributed by atoms with E-state index < -0.39 is 15.9 Å². The van der Waals surface area contributed by atoms with Gasteiger partial charge in [0, 0.05) is 24.0 Å². The Hall–Kier alpha value is -2.54. The van der Waals surface area contributed by atoms with Gasteiger partial charge in [-0.2, -0.15) is 0 Å². The summed E-state index contributed by atoms with van der Waals surface area (Å²) < 4.78 is 28.1. The number of rotatable bonds is 6. The zero-order valence-electron chi connectivity index (χ0n) is 14.5. The molecule has 0 spiro atoms. The van der Waals surface area contributed by atoms with E-state index in [1.165, 1.54) is 6.26 Å². The summed E-state index contributed by atoms with van der Waals surface area (Å²) in [4.78, 5) is 12.1. The van der Waals surface area contributed by atoms with E-state index in [1.807, 2.05) is 30.3 Å². The van der Waals surface area contributed by atoms with Gasteiger partial charge in [0.15, 0.2) is 9.84 Å². The topological polar surface area (TPSA) is 84.5 Å². The molecule has 0 aliphatic heterocycles. The number of hydrogen-bond acceptors (Lipinski definition) is 5. The highest BCUT2D eigenvalue weighted by Crippen LogP contribution is 2.25. The van der Waals surface area contributed by atoms with E-state index >= 15 is 0 Å². The molecule has 138 valence electrons. The Bertz CT molecular complexity index is 845. The van der Waals surface area contributed by atoms with Gasteiger partial charge in [-0.15, -0.1) is 0 Å². The number of sulfone groups is 1. The summed E-state index contributed by atoms with van der Waals surface area (Å²) in [6.07, 6.45) is 2.38. The third kappa shape index (κ3) is 4.98. The van der Waals surface area contributed by atoms with E-state index in [-0.39, 0.29) is 18.7 Å². The molecule has 6 nitrogen and oxygen atoms in total. The predicted octanol–water partition coefficient (Wildman–Crippen LogP) is 2.96. The van der Waals surface area contributed by atoms with E-state index in [4.69, 9.17) is 4.74 Å². The molecule has 0 atom stereocenters. The Morgan fingerprint density at radius 1 is 1.04 bits per heavy atom. The average molecular weight is 374 g/mol. The number of carbonyl (C=O) groups excluding carboxylic acids is 1. The van der Waals surface area contributed by atoms with Gasteiger partial charge in [0.1, 0.15) is 6.61 Å². The molecule has 1 amide bonds. The number of ether oxygens (including phenoxy) is 1. The molecule has 0 heterocycles. The number of alkyl carbamates (subject to hydrolysis) is 1. The number of carbonyl (C=O) groups is 1. The summed E-state index contributed by atoms with van der Waals surface area (Å²) in [6.45, 7) is 0.258. The first-order valence-corrected chi connectivity index (χ1v) is 10.3. The largest absolute Gasteiger partial charge is 0.445 e. The van der Waals surface area contributed by atoms with Crippen molar-refractivity contribution < 1.29 is 17.9 Å². The molecular weight excluding hydrogens is 352 g/mol. The van der Waals surface area contributed by atoms with Crippen LogP contribution >= 0.6 is 0 Å². The molecule has 1 saturated carbocycles. The molecule has 3 rings (SSSR count). The van der Waals surface area contributed by atoms with Crippen LogP contribution in [0.1, 0.15) is 18.4 Å². The first-order valence-electron chi connectivity index (χ1n) is 8.44. The van der Waals surface area contributed by atoms with Crippen LogP contribution in [-0.4, -0.2) is 32.9 Å². The van der Waals surface area contributed by atoms with Crippen LogP contribution < -0.4 is 10.6 Å².